The molecule has 5 heteroatoms. The van der Waals surface area contributed by atoms with Gasteiger partial charge in [0, 0.05) is 36.3 Å². The summed E-state index contributed by atoms with van der Waals surface area (Å²) in [4.78, 5) is 38.4. The fraction of sp³-hybridized carbons (Fsp3) is 0.500. The number of hydrogen-bond donors (Lipinski definition) is 0. The van der Waals surface area contributed by atoms with Gasteiger partial charge in [0.25, 0.3) is 0 Å². The van der Waals surface area contributed by atoms with E-state index in [1.54, 1.807) is 18.2 Å². The van der Waals surface area contributed by atoms with E-state index in [1.165, 1.54) is 45.4 Å². The van der Waals surface area contributed by atoms with Crippen molar-refractivity contribution in [3.8, 4) is 17.1 Å². The number of furan rings is 1. The highest BCUT2D eigenvalue weighted by atomic mass is 16.5. The molecule has 0 atom stereocenters. The van der Waals surface area contributed by atoms with Crippen LogP contribution in [0.1, 0.15) is 131 Å². The summed E-state index contributed by atoms with van der Waals surface area (Å²) in [6, 6.07) is 12.5. The van der Waals surface area contributed by atoms with Gasteiger partial charge in [-0.25, -0.2) is 0 Å². The zero-order valence-corrected chi connectivity index (χ0v) is 24.0. The van der Waals surface area contributed by atoms with E-state index < -0.39 is 5.97 Å². The van der Waals surface area contributed by atoms with E-state index in [0.717, 1.165) is 43.9 Å². The van der Waals surface area contributed by atoms with Crippen LogP contribution < -0.4 is 4.74 Å². The molecular weight excluding hydrogens is 488 g/mol. The Kier molecular flexibility index (Phi) is 12.5. The van der Waals surface area contributed by atoms with Crippen LogP contribution >= 0.6 is 0 Å². The molecule has 0 aliphatic heterocycles. The summed E-state index contributed by atoms with van der Waals surface area (Å²) in [5.41, 5.74) is 2.14. The van der Waals surface area contributed by atoms with Crippen molar-refractivity contribution in [1.29, 1.82) is 0 Å². The Morgan fingerprint density at radius 2 is 1.23 bits per heavy atom. The number of Topliss-reactive ketones (excluding diaryl/α,β-unsaturated/α-hetero) is 2. The third-order valence-electron chi connectivity index (χ3n) is 7.20. The third-order valence-corrected chi connectivity index (χ3v) is 7.20. The van der Waals surface area contributed by atoms with Crippen LogP contribution in [-0.4, -0.2) is 17.5 Å². The Labute approximate surface area is 233 Å². The lowest BCUT2D eigenvalue weighted by molar-refractivity contribution is -0.131. The first kappa shape index (κ1) is 30.3. The first-order valence-electron chi connectivity index (χ1n) is 14.9. The van der Waals surface area contributed by atoms with Crippen LogP contribution in [0.2, 0.25) is 0 Å². The van der Waals surface area contributed by atoms with E-state index in [1.807, 2.05) is 24.3 Å². The Bertz CT molecular complexity index is 1240. The van der Waals surface area contributed by atoms with Gasteiger partial charge in [-0.3, -0.25) is 14.4 Å². The van der Waals surface area contributed by atoms with Crippen molar-refractivity contribution in [2.75, 3.05) is 0 Å². The van der Waals surface area contributed by atoms with Crippen molar-refractivity contribution in [1.82, 2.24) is 0 Å². The largest absolute Gasteiger partial charge is 0.456 e. The molecule has 210 valence electrons. The lowest BCUT2D eigenvalue weighted by Gasteiger charge is -2.12. The second-order valence-corrected chi connectivity index (χ2v) is 10.5. The third kappa shape index (κ3) is 8.91. The number of ketones is 2. The lowest BCUT2D eigenvalue weighted by Crippen LogP contribution is -2.07. The van der Waals surface area contributed by atoms with Gasteiger partial charge in [0.05, 0.1) is 5.56 Å². The van der Waals surface area contributed by atoms with Gasteiger partial charge in [-0.15, -0.1) is 0 Å². The summed E-state index contributed by atoms with van der Waals surface area (Å²) in [7, 11) is 0. The highest BCUT2D eigenvalue weighted by Gasteiger charge is 2.23. The number of rotatable bonds is 18. The molecule has 0 saturated heterocycles. The molecule has 0 unspecified atom stereocenters. The topological polar surface area (TPSA) is 73.6 Å². The first-order valence-corrected chi connectivity index (χ1v) is 14.9. The molecule has 2 aromatic carbocycles. The maximum Gasteiger partial charge on any atom is 0.308 e. The van der Waals surface area contributed by atoms with Crippen LogP contribution in [-0.2, 0) is 4.79 Å². The van der Waals surface area contributed by atoms with Crippen LogP contribution in [0.4, 0.5) is 0 Å². The summed E-state index contributed by atoms with van der Waals surface area (Å²) in [5.74, 6) is 0.330. The minimum Gasteiger partial charge on any atom is -0.456 e. The number of hydrogen-bond acceptors (Lipinski definition) is 5. The van der Waals surface area contributed by atoms with Gasteiger partial charge in [-0.2, -0.15) is 0 Å². The molecule has 1 heterocycles. The summed E-state index contributed by atoms with van der Waals surface area (Å²) >= 11 is 0. The van der Waals surface area contributed by atoms with Gasteiger partial charge in [0.15, 0.2) is 11.6 Å². The number of carbonyl (C=O) groups is 3. The highest BCUT2D eigenvalue weighted by Crippen LogP contribution is 2.39. The van der Waals surface area contributed by atoms with Crippen molar-refractivity contribution >= 4 is 28.5 Å². The van der Waals surface area contributed by atoms with Gasteiger partial charge in [0.2, 0.25) is 0 Å². The quantitative estimate of drug-likeness (QED) is 0.0705. The summed E-state index contributed by atoms with van der Waals surface area (Å²) < 4.78 is 11.7. The zero-order valence-electron chi connectivity index (χ0n) is 24.0. The summed E-state index contributed by atoms with van der Waals surface area (Å²) in [5, 5.41) is 0.718. The fourth-order valence-corrected chi connectivity index (χ4v) is 5.09. The SMILES string of the molecule is CCCCCCCCC(=O)c1cccc(OC(C)=O)c1-c1cc2c(C(=O)CCCCCCCC)cccc2o1. The lowest BCUT2D eigenvalue weighted by atomic mass is 9.96. The van der Waals surface area contributed by atoms with Crippen molar-refractivity contribution < 1.29 is 23.5 Å². The molecule has 0 N–H and O–H groups in total. The number of unbranched alkanes of at least 4 members (excludes halogenated alkanes) is 10. The Hall–Kier alpha value is -3.21. The molecule has 0 fully saturated rings. The van der Waals surface area contributed by atoms with Crippen molar-refractivity contribution in [2.45, 2.75) is 111 Å². The van der Waals surface area contributed by atoms with Gasteiger partial charge in [-0.1, -0.05) is 102 Å². The summed E-state index contributed by atoms with van der Waals surface area (Å²) in [6.07, 6.45) is 14.2. The predicted octanol–water partition coefficient (Wildman–Crippen LogP) is 9.89. The Morgan fingerprint density at radius 1 is 0.692 bits per heavy atom. The minimum absolute atomic E-state index is 0.00526. The molecule has 0 spiro atoms. The van der Waals surface area contributed by atoms with Gasteiger partial charge >= 0.3 is 5.97 Å². The van der Waals surface area contributed by atoms with Gasteiger partial charge in [-0.05, 0) is 31.0 Å². The molecule has 3 aromatic rings. The van der Waals surface area contributed by atoms with Crippen molar-refractivity contribution in [3.05, 3.63) is 53.6 Å². The number of fused-ring (bicyclic) bond motifs is 1. The second kappa shape index (κ2) is 16.0. The molecular formula is C34H44O5. The molecule has 0 saturated carbocycles. The summed E-state index contributed by atoms with van der Waals surface area (Å²) in [6.45, 7) is 5.72. The van der Waals surface area contributed by atoms with Crippen LogP contribution in [0.25, 0.3) is 22.3 Å². The maximum absolute atomic E-state index is 13.3. The highest BCUT2D eigenvalue weighted by molar-refractivity contribution is 6.09. The fourth-order valence-electron chi connectivity index (χ4n) is 5.09. The first-order chi connectivity index (χ1) is 19.0. The molecule has 1 aromatic heterocycles. The smallest absolute Gasteiger partial charge is 0.308 e. The predicted molar refractivity (Wildman–Crippen MR) is 158 cm³/mol. The van der Waals surface area contributed by atoms with Crippen LogP contribution in [0.5, 0.6) is 5.75 Å². The van der Waals surface area contributed by atoms with Crippen LogP contribution in [0.15, 0.2) is 46.9 Å². The van der Waals surface area contributed by atoms with E-state index in [2.05, 4.69) is 13.8 Å². The van der Waals surface area contributed by atoms with Crippen molar-refractivity contribution in [3.63, 3.8) is 0 Å². The molecule has 0 aliphatic carbocycles. The van der Waals surface area contributed by atoms with Gasteiger partial charge in [0.1, 0.15) is 17.1 Å². The average Bonchev–Trinajstić information content (AvgIpc) is 3.36. The minimum atomic E-state index is -0.470. The van der Waals surface area contributed by atoms with Gasteiger partial charge < -0.3 is 9.15 Å². The van der Waals surface area contributed by atoms with E-state index in [0.29, 0.717) is 40.9 Å². The van der Waals surface area contributed by atoms with E-state index >= 15 is 0 Å². The molecule has 3 rings (SSSR count). The maximum atomic E-state index is 13.3. The Morgan fingerprint density at radius 3 is 1.85 bits per heavy atom. The zero-order chi connectivity index (χ0) is 28.0. The monoisotopic (exact) mass is 532 g/mol. The van der Waals surface area contributed by atoms with Crippen LogP contribution in [0, 0.1) is 0 Å². The standard InChI is InChI=1S/C34H44O5/c1-4-6-8-10-12-14-20-29(36)26-18-16-22-31-28(26)24-33(39-31)34-27(19-17-23-32(34)38-25(3)35)30(37)21-15-13-11-9-7-5-2/h16-19,22-24H,4-15,20-21H2,1-3H3. The van der Waals surface area contributed by atoms with Crippen molar-refractivity contribution in [2.24, 2.45) is 0 Å². The number of benzene rings is 2. The number of carbonyl (C=O) groups excluding carboxylic acids is 3. The molecule has 39 heavy (non-hydrogen) atoms. The van der Waals surface area contributed by atoms with Crippen LogP contribution in [0.3, 0.4) is 0 Å². The average molecular weight is 533 g/mol. The molecule has 0 aliphatic rings. The second-order valence-electron chi connectivity index (χ2n) is 10.5. The Balaban J connectivity index is 1.86. The normalized spacial score (nSPS) is 11.2. The van der Waals surface area contributed by atoms with E-state index in [-0.39, 0.29) is 17.3 Å². The molecule has 0 radical (unpaired) electrons. The number of esters is 1. The molecule has 5 nitrogen and oxygen atoms in total. The van der Waals surface area contributed by atoms with E-state index in [9.17, 15) is 14.4 Å². The van der Waals surface area contributed by atoms with E-state index in [4.69, 9.17) is 9.15 Å². The number of ether oxygens (including phenoxy) is 1. The molecule has 0 bridgehead atoms. The molecule has 0 amide bonds.